The van der Waals surface area contributed by atoms with Gasteiger partial charge in [-0.2, -0.15) is 0 Å². The topological polar surface area (TPSA) is 65.8 Å². The lowest BCUT2D eigenvalue weighted by Gasteiger charge is -2.34. The van der Waals surface area contributed by atoms with Crippen molar-refractivity contribution in [3.8, 4) is 0 Å². The second-order valence-corrected chi connectivity index (χ2v) is 5.50. The fourth-order valence-electron chi connectivity index (χ4n) is 2.19. The first kappa shape index (κ1) is 14.2. The number of carbonyl (C=O) groups is 1. The number of nitrogens with zero attached hydrogens (tertiary/aromatic N) is 3. The molecule has 19 heavy (non-hydrogen) atoms. The van der Waals surface area contributed by atoms with Crippen molar-refractivity contribution >= 4 is 17.2 Å². The Morgan fingerprint density at radius 1 is 1.37 bits per heavy atom. The molecule has 2 heterocycles. The maximum atomic E-state index is 12.1. The van der Waals surface area contributed by atoms with Gasteiger partial charge in [0.1, 0.15) is 6.54 Å². The molecule has 0 radical (unpaired) electrons. The number of hydrogen-bond acceptors (Lipinski definition) is 5. The number of aliphatic hydroxyl groups is 1. The second-order valence-electron chi connectivity index (χ2n) is 4.68. The van der Waals surface area contributed by atoms with Crippen LogP contribution >= 0.6 is 11.3 Å². The van der Waals surface area contributed by atoms with E-state index in [-0.39, 0.29) is 23.9 Å². The van der Waals surface area contributed by atoms with E-state index in [1.807, 2.05) is 6.92 Å². The van der Waals surface area contributed by atoms with Crippen LogP contribution in [0.25, 0.3) is 0 Å². The van der Waals surface area contributed by atoms with Gasteiger partial charge in [0.2, 0.25) is 5.91 Å². The molecule has 0 atom stereocenters. The Balaban J connectivity index is 1.90. The van der Waals surface area contributed by atoms with E-state index >= 15 is 0 Å². The van der Waals surface area contributed by atoms with Crippen molar-refractivity contribution in [3.05, 3.63) is 20.7 Å². The van der Waals surface area contributed by atoms with E-state index in [9.17, 15) is 9.59 Å². The molecule has 1 saturated heterocycles. The van der Waals surface area contributed by atoms with Crippen LogP contribution in [0.2, 0.25) is 0 Å². The zero-order valence-electron chi connectivity index (χ0n) is 11.0. The van der Waals surface area contributed by atoms with E-state index in [4.69, 9.17) is 5.11 Å². The molecule has 6 nitrogen and oxygen atoms in total. The normalized spacial score (nSPS) is 16.8. The van der Waals surface area contributed by atoms with Gasteiger partial charge < -0.3 is 10.0 Å². The van der Waals surface area contributed by atoms with Gasteiger partial charge in [-0.15, -0.1) is 0 Å². The van der Waals surface area contributed by atoms with Crippen molar-refractivity contribution in [1.29, 1.82) is 0 Å². The van der Waals surface area contributed by atoms with Gasteiger partial charge in [-0.05, 0) is 6.92 Å². The standard InChI is InChI=1S/C12H19N3O3S/c1-10-9-19-12(18)15(10)8-11(17)14-4-2-13(3-5-14)6-7-16/h9,16H,2-8H2,1H3. The van der Waals surface area contributed by atoms with Crippen LogP contribution in [0, 0.1) is 6.92 Å². The average Bonchev–Trinajstić information content (AvgIpc) is 2.72. The first-order chi connectivity index (χ1) is 9.11. The van der Waals surface area contributed by atoms with Gasteiger partial charge in [-0.25, -0.2) is 0 Å². The number of hydrogen-bond donors (Lipinski definition) is 1. The van der Waals surface area contributed by atoms with Gasteiger partial charge in [0.25, 0.3) is 0 Å². The summed E-state index contributed by atoms with van der Waals surface area (Å²) in [7, 11) is 0. The van der Waals surface area contributed by atoms with Crippen molar-refractivity contribution < 1.29 is 9.90 Å². The monoisotopic (exact) mass is 285 g/mol. The van der Waals surface area contributed by atoms with Gasteiger partial charge in [0.15, 0.2) is 0 Å². The fourth-order valence-corrected chi connectivity index (χ4v) is 2.93. The predicted molar refractivity (Wildman–Crippen MR) is 73.4 cm³/mol. The highest BCUT2D eigenvalue weighted by Crippen LogP contribution is 2.05. The van der Waals surface area contributed by atoms with Crippen molar-refractivity contribution in [2.75, 3.05) is 39.3 Å². The number of rotatable bonds is 4. The summed E-state index contributed by atoms with van der Waals surface area (Å²) in [6, 6.07) is 0. The molecule has 0 unspecified atom stereocenters. The second kappa shape index (κ2) is 6.31. The molecular formula is C12H19N3O3S. The minimum Gasteiger partial charge on any atom is -0.395 e. The Labute approximate surface area is 115 Å². The number of aromatic nitrogens is 1. The molecule has 0 saturated carbocycles. The molecule has 7 heteroatoms. The summed E-state index contributed by atoms with van der Waals surface area (Å²) in [5.41, 5.74) is 0.835. The molecule has 1 aliphatic rings. The van der Waals surface area contributed by atoms with Gasteiger partial charge in [0, 0.05) is 43.8 Å². The third kappa shape index (κ3) is 3.43. The van der Waals surface area contributed by atoms with Crippen LogP contribution < -0.4 is 4.87 Å². The van der Waals surface area contributed by atoms with Crippen molar-refractivity contribution in [1.82, 2.24) is 14.4 Å². The third-order valence-electron chi connectivity index (χ3n) is 3.41. The smallest absolute Gasteiger partial charge is 0.307 e. The van der Waals surface area contributed by atoms with Crippen LogP contribution in [0.15, 0.2) is 10.2 Å². The molecule has 1 aromatic rings. The molecule has 2 rings (SSSR count). The summed E-state index contributed by atoms with van der Waals surface area (Å²) in [5, 5.41) is 10.6. The Morgan fingerprint density at radius 3 is 2.58 bits per heavy atom. The number of piperazine rings is 1. The zero-order valence-corrected chi connectivity index (χ0v) is 11.9. The van der Waals surface area contributed by atoms with Gasteiger partial charge in [0.05, 0.1) is 6.61 Å². The van der Waals surface area contributed by atoms with Crippen LogP contribution in [0.1, 0.15) is 5.69 Å². The van der Waals surface area contributed by atoms with Crippen molar-refractivity contribution in [3.63, 3.8) is 0 Å². The minimum atomic E-state index is -0.0789. The van der Waals surface area contributed by atoms with Gasteiger partial charge in [-0.3, -0.25) is 19.1 Å². The van der Waals surface area contributed by atoms with Crippen LogP contribution in [-0.4, -0.2) is 64.7 Å². The summed E-state index contributed by atoms with van der Waals surface area (Å²) >= 11 is 1.13. The number of aliphatic hydroxyl groups excluding tert-OH is 1. The summed E-state index contributed by atoms with van der Waals surface area (Å²) < 4.78 is 1.52. The van der Waals surface area contributed by atoms with Crippen LogP contribution in [-0.2, 0) is 11.3 Å². The largest absolute Gasteiger partial charge is 0.395 e. The number of aryl methyl sites for hydroxylation is 1. The van der Waals surface area contributed by atoms with Gasteiger partial charge in [-0.1, -0.05) is 11.3 Å². The fraction of sp³-hybridized carbons (Fsp3) is 0.667. The molecule has 0 aromatic carbocycles. The van der Waals surface area contributed by atoms with E-state index < -0.39 is 0 Å². The number of amides is 1. The Bertz CT molecular complexity index is 489. The molecule has 1 aliphatic heterocycles. The zero-order chi connectivity index (χ0) is 13.8. The van der Waals surface area contributed by atoms with Crippen LogP contribution in [0.5, 0.6) is 0 Å². The quantitative estimate of drug-likeness (QED) is 0.799. The van der Waals surface area contributed by atoms with Crippen LogP contribution in [0.4, 0.5) is 0 Å². The third-order valence-corrected chi connectivity index (χ3v) is 4.29. The lowest BCUT2D eigenvalue weighted by Crippen LogP contribution is -2.50. The van der Waals surface area contributed by atoms with Crippen molar-refractivity contribution in [2.45, 2.75) is 13.5 Å². The molecular weight excluding hydrogens is 266 g/mol. The van der Waals surface area contributed by atoms with E-state index in [0.717, 1.165) is 30.1 Å². The molecule has 1 aromatic heterocycles. The first-order valence-electron chi connectivity index (χ1n) is 6.37. The van der Waals surface area contributed by atoms with E-state index in [1.54, 1.807) is 10.3 Å². The number of carbonyl (C=O) groups excluding carboxylic acids is 1. The summed E-state index contributed by atoms with van der Waals surface area (Å²) in [6.07, 6.45) is 0. The molecule has 1 fully saturated rings. The summed E-state index contributed by atoms with van der Waals surface area (Å²) in [6.45, 7) is 5.67. The Kier molecular flexibility index (Phi) is 4.73. The average molecular weight is 285 g/mol. The molecule has 0 bridgehead atoms. The predicted octanol–water partition coefficient (Wildman–Crippen LogP) is -0.645. The first-order valence-corrected chi connectivity index (χ1v) is 7.25. The number of β-amino-alcohol motifs (C(OH)–C–C–N with tert-alkyl or cyclic N) is 1. The van der Waals surface area contributed by atoms with Gasteiger partial charge >= 0.3 is 4.87 Å². The molecule has 106 valence electrons. The Hall–Kier alpha value is -1.18. The molecule has 1 N–H and O–H groups in total. The molecule has 0 aliphatic carbocycles. The molecule has 1 amide bonds. The highest BCUT2D eigenvalue weighted by Gasteiger charge is 2.21. The van der Waals surface area contributed by atoms with Crippen LogP contribution in [0.3, 0.4) is 0 Å². The Morgan fingerprint density at radius 2 is 2.05 bits per heavy atom. The van der Waals surface area contributed by atoms with E-state index in [2.05, 4.69) is 4.90 Å². The highest BCUT2D eigenvalue weighted by molar-refractivity contribution is 7.07. The van der Waals surface area contributed by atoms with E-state index in [0.29, 0.717) is 19.6 Å². The maximum Gasteiger partial charge on any atom is 0.307 e. The highest BCUT2D eigenvalue weighted by atomic mass is 32.1. The molecule has 0 spiro atoms. The summed E-state index contributed by atoms with van der Waals surface area (Å²) in [5.74, 6) is -0.00718. The lowest BCUT2D eigenvalue weighted by atomic mass is 10.3. The minimum absolute atomic E-state index is 0.00718. The SMILES string of the molecule is Cc1csc(=O)n1CC(=O)N1CCN(CCO)CC1. The van der Waals surface area contributed by atoms with Crippen molar-refractivity contribution in [2.24, 2.45) is 0 Å². The maximum absolute atomic E-state index is 12.1. The lowest BCUT2D eigenvalue weighted by molar-refractivity contribution is -0.133. The van der Waals surface area contributed by atoms with E-state index in [1.165, 1.54) is 4.57 Å². The summed E-state index contributed by atoms with van der Waals surface area (Å²) in [4.78, 5) is 27.5. The number of thiazole rings is 1.